The second-order valence-electron chi connectivity index (χ2n) is 6.28. The van der Waals surface area contributed by atoms with Crippen molar-refractivity contribution >= 4 is 17.0 Å². The van der Waals surface area contributed by atoms with Crippen LogP contribution in [-0.2, 0) is 13.6 Å². The lowest BCUT2D eigenvalue weighted by Crippen LogP contribution is -2.26. The van der Waals surface area contributed by atoms with Gasteiger partial charge in [0.05, 0.1) is 5.69 Å². The summed E-state index contributed by atoms with van der Waals surface area (Å²) in [6, 6.07) is 1.87. The van der Waals surface area contributed by atoms with E-state index in [4.69, 9.17) is 5.11 Å². The molecule has 3 rings (SSSR count). The zero-order chi connectivity index (χ0) is 18.8. The number of hydrogen-bond acceptors (Lipinski definition) is 6. The number of aromatic amines is 1. The van der Waals surface area contributed by atoms with Crippen molar-refractivity contribution in [1.82, 2.24) is 29.3 Å². The molecule has 0 spiro atoms. The highest BCUT2D eigenvalue weighted by Gasteiger charge is 2.18. The normalized spacial score (nSPS) is 12.5. The zero-order valence-corrected chi connectivity index (χ0v) is 15.2. The summed E-state index contributed by atoms with van der Waals surface area (Å²) in [4.78, 5) is 24.5. The van der Waals surface area contributed by atoms with Crippen molar-refractivity contribution < 1.29 is 5.11 Å². The minimum Gasteiger partial charge on any atom is -0.396 e. The number of aromatic nitrogens is 6. The third-order valence-electron chi connectivity index (χ3n) is 4.12. The average molecular weight is 357 g/mol. The van der Waals surface area contributed by atoms with Gasteiger partial charge in [0, 0.05) is 26.2 Å². The molecule has 0 aliphatic carbocycles. The van der Waals surface area contributed by atoms with Gasteiger partial charge in [0.25, 0.3) is 0 Å². The van der Waals surface area contributed by atoms with Crippen LogP contribution in [0.25, 0.3) is 22.7 Å². The standard InChI is InChI=1S/C17H23N7O2/c1-5-7-24-16-13(15(21-17(24)26)18-10(2)6-8-25)19-14(20-16)12-9-11(3)22-23(12)4/h5,9-10,25H,1,6-8H2,2-4H3,(H,19,20)(H,18,21,26). The monoisotopic (exact) mass is 357 g/mol. The molecule has 9 nitrogen and oxygen atoms in total. The fraction of sp³-hybridized carbons (Fsp3) is 0.412. The minimum absolute atomic E-state index is 0.0453. The van der Waals surface area contributed by atoms with Gasteiger partial charge < -0.3 is 15.4 Å². The van der Waals surface area contributed by atoms with Crippen molar-refractivity contribution in [2.24, 2.45) is 7.05 Å². The van der Waals surface area contributed by atoms with Crippen LogP contribution in [0.5, 0.6) is 0 Å². The number of anilines is 1. The number of rotatable bonds is 7. The molecule has 26 heavy (non-hydrogen) atoms. The Morgan fingerprint density at radius 1 is 1.46 bits per heavy atom. The first-order valence-corrected chi connectivity index (χ1v) is 8.44. The van der Waals surface area contributed by atoms with Gasteiger partial charge in [0.2, 0.25) is 0 Å². The van der Waals surface area contributed by atoms with Crippen molar-refractivity contribution in [2.75, 3.05) is 11.9 Å². The number of nitrogens with one attached hydrogen (secondary N) is 2. The fourth-order valence-electron chi connectivity index (χ4n) is 2.88. The molecule has 138 valence electrons. The summed E-state index contributed by atoms with van der Waals surface area (Å²) in [5.74, 6) is 1.02. The van der Waals surface area contributed by atoms with Gasteiger partial charge >= 0.3 is 5.69 Å². The molecule has 0 amide bonds. The van der Waals surface area contributed by atoms with E-state index in [-0.39, 0.29) is 12.6 Å². The van der Waals surface area contributed by atoms with E-state index in [2.05, 4.69) is 31.9 Å². The van der Waals surface area contributed by atoms with Gasteiger partial charge in [-0.05, 0) is 26.3 Å². The number of aliphatic hydroxyl groups excluding tert-OH is 1. The second kappa shape index (κ2) is 7.12. The van der Waals surface area contributed by atoms with Crippen LogP contribution in [-0.4, -0.2) is 47.1 Å². The van der Waals surface area contributed by atoms with E-state index in [0.29, 0.717) is 35.8 Å². The van der Waals surface area contributed by atoms with Gasteiger partial charge in [0.15, 0.2) is 17.3 Å². The molecule has 3 aromatic rings. The molecule has 0 aliphatic rings. The topological polar surface area (TPSA) is 114 Å². The highest BCUT2D eigenvalue weighted by molar-refractivity contribution is 5.85. The van der Waals surface area contributed by atoms with E-state index in [1.54, 1.807) is 10.8 Å². The van der Waals surface area contributed by atoms with Gasteiger partial charge in [-0.25, -0.2) is 9.78 Å². The summed E-state index contributed by atoms with van der Waals surface area (Å²) in [5, 5.41) is 16.6. The lowest BCUT2D eigenvalue weighted by atomic mass is 10.2. The van der Waals surface area contributed by atoms with E-state index < -0.39 is 5.69 Å². The Morgan fingerprint density at radius 3 is 2.85 bits per heavy atom. The van der Waals surface area contributed by atoms with Gasteiger partial charge in [-0.15, -0.1) is 6.58 Å². The third-order valence-corrected chi connectivity index (χ3v) is 4.12. The lowest BCUT2D eigenvalue weighted by Gasteiger charge is -2.14. The number of allylic oxidation sites excluding steroid dienone is 1. The molecule has 0 radical (unpaired) electrons. The van der Waals surface area contributed by atoms with Crippen LogP contribution in [0.15, 0.2) is 23.5 Å². The Morgan fingerprint density at radius 2 is 2.23 bits per heavy atom. The molecule has 0 aliphatic heterocycles. The molecule has 1 atom stereocenters. The van der Waals surface area contributed by atoms with Crippen molar-refractivity contribution in [3.8, 4) is 11.5 Å². The molecule has 3 heterocycles. The lowest BCUT2D eigenvalue weighted by molar-refractivity contribution is 0.282. The first-order valence-electron chi connectivity index (χ1n) is 8.44. The van der Waals surface area contributed by atoms with Gasteiger partial charge in [-0.3, -0.25) is 9.25 Å². The maximum absolute atomic E-state index is 12.4. The molecule has 0 saturated heterocycles. The smallest absolute Gasteiger partial charge is 0.351 e. The van der Waals surface area contributed by atoms with Gasteiger partial charge in [-0.1, -0.05) is 6.08 Å². The summed E-state index contributed by atoms with van der Waals surface area (Å²) in [5.41, 5.74) is 2.41. The first kappa shape index (κ1) is 17.9. The summed E-state index contributed by atoms with van der Waals surface area (Å²) in [6.07, 6.45) is 2.17. The van der Waals surface area contributed by atoms with E-state index >= 15 is 0 Å². The molecule has 3 N–H and O–H groups in total. The highest BCUT2D eigenvalue weighted by atomic mass is 16.3. The summed E-state index contributed by atoms with van der Waals surface area (Å²) >= 11 is 0. The van der Waals surface area contributed by atoms with Gasteiger partial charge in [-0.2, -0.15) is 10.1 Å². The Labute approximate surface area is 150 Å². The largest absolute Gasteiger partial charge is 0.396 e. The molecule has 0 aromatic carbocycles. The Hall–Kier alpha value is -2.94. The van der Waals surface area contributed by atoms with Crippen LogP contribution in [0, 0.1) is 6.92 Å². The van der Waals surface area contributed by atoms with Crippen LogP contribution in [0.4, 0.5) is 5.82 Å². The van der Waals surface area contributed by atoms with Crippen LogP contribution < -0.4 is 11.0 Å². The van der Waals surface area contributed by atoms with Crippen molar-refractivity contribution in [3.05, 3.63) is 34.9 Å². The van der Waals surface area contributed by atoms with Crippen LogP contribution in [0.2, 0.25) is 0 Å². The maximum Gasteiger partial charge on any atom is 0.351 e. The number of aliphatic hydroxyl groups is 1. The van der Waals surface area contributed by atoms with Crippen LogP contribution >= 0.6 is 0 Å². The predicted molar refractivity (Wildman–Crippen MR) is 100 cm³/mol. The maximum atomic E-state index is 12.4. The molecular weight excluding hydrogens is 334 g/mol. The number of imidazole rings is 1. The number of aryl methyl sites for hydroxylation is 2. The third kappa shape index (κ3) is 3.25. The predicted octanol–water partition coefficient (Wildman–Crippen LogP) is 1.20. The van der Waals surface area contributed by atoms with Crippen LogP contribution in [0.3, 0.4) is 0 Å². The van der Waals surface area contributed by atoms with E-state index in [1.807, 2.05) is 27.0 Å². The second-order valence-corrected chi connectivity index (χ2v) is 6.28. The number of H-pyrrole nitrogens is 1. The van der Waals surface area contributed by atoms with Gasteiger partial charge in [0.1, 0.15) is 11.2 Å². The summed E-state index contributed by atoms with van der Waals surface area (Å²) in [7, 11) is 1.84. The number of hydrogen-bond donors (Lipinski definition) is 3. The van der Waals surface area contributed by atoms with E-state index in [1.165, 1.54) is 4.57 Å². The van der Waals surface area contributed by atoms with Crippen molar-refractivity contribution in [2.45, 2.75) is 32.9 Å². The molecule has 0 saturated carbocycles. The van der Waals surface area contributed by atoms with E-state index in [9.17, 15) is 4.79 Å². The van der Waals surface area contributed by atoms with Crippen molar-refractivity contribution in [1.29, 1.82) is 0 Å². The molecule has 9 heteroatoms. The SMILES string of the molecule is C=CCn1c(=O)nc(NC(C)CCO)c2[nH]c(-c3cc(C)nn3C)nc21. The Kier molecular flexibility index (Phi) is 4.90. The summed E-state index contributed by atoms with van der Waals surface area (Å²) < 4.78 is 3.20. The Bertz CT molecular complexity index is 999. The number of fused-ring (bicyclic) bond motifs is 1. The quantitative estimate of drug-likeness (QED) is 0.548. The van der Waals surface area contributed by atoms with Crippen LogP contribution in [0.1, 0.15) is 19.0 Å². The molecule has 1 unspecified atom stereocenters. The zero-order valence-electron chi connectivity index (χ0n) is 15.2. The molecular formula is C17H23N7O2. The number of nitrogens with zero attached hydrogens (tertiary/aromatic N) is 5. The minimum atomic E-state index is -0.407. The highest BCUT2D eigenvalue weighted by Crippen LogP contribution is 2.24. The molecule has 3 aromatic heterocycles. The average Bonchev–Trinajstić information content (AvgIpc) is 3.14. The molecule has 0 fully saturated rings. The molecule has 0 bridgehead atoms. The van der Waals surface area contributed by atoms with Crippen molar-refractivity contribution in [3.63, 3.8) is 0 Å². The fourth-order valence-corrected chi connectivity index (χ4v) is 2.88. The van der Waals surface area contributed by atoms with E-state index in [0.717, 1.165) is 11.4 Å². The first-order chi connectivity index (χ1) is 12.4. The Balaban J connectivity index is 2.19. The summed E-state index contributed by atoms with van der Waals surface area (Å²) in [6.45, 7) is 7.88.